The zero-order valence-corrected chi connectivity index (χ0v) is 13.5. The van der Waals surface area contributed by atoms with Gasteiger partial charge in [-0.05, 0) is 42.3 Å². The lowest BCUT2D eigenvalue weighted by Gasteiger charge is -2.11. The van der Waals surface area contributed by atoms with Crippen molar-refractivity contribution in [1.82, 2.24) is 0 Å². The molecule has 0 aliphatic rings. The number of oxazole rings is 1. The second kappa shape index (κ2) is 5.68. The van der Waals surface area contributed by atoms with Gasteiger partial charge in [0.15, 0.2) is 0 Å². The summed E-state index contributed by atoms with van der Waals surface area (Å²) in [5.41, 5.74) is 5.61. The largest absolute Gasteiger partial charge is 0.398 e. The highest BCUT2D eigenvalue weighted by atomic mass is 16.3. The van der Waals surface area contributed by atoms with E-state index in [0.717, 1.165) is 22.6 Å². The molecule has 0 spiro atoms. The fraction of sp³-hybridized carbons (Fsp3) is 0.211. The quantitative estimate of drug-likeness (QED) is 0.685. The Kier molecular flexibility index (Phi) is 3.72. The number of anilines is 1. The smallest absolute Gasteiger partial charge is 0.373 e. The molecule has 3 heteroatoms. The van der Waals surface area contributed by atoms with E-state index < -0.39 is 0 Å². The summed E-state index contributed by atoms with van der Waals surface area (Å²) in [5.74, 6) is 0.845. The third-order valence-corrected chi connectivity index (χ3v) is 3.85. The summed E-state index contributed by atoms with van der Waals surface area (Å²) in [6.45, 7) is 2.09. The standard InChI is InChI=1S/C19H21N2O/c1-14-5-11-18-17(13-14)21(4)19(22-18)12-8-15-6-9-16(10-7-15)20(2)3/h5-13H,1-4H3/q+1. The van der Waals surface area contributed by atoms with Gasteiger partial charge in [0.2, 0.25) is 5.58 Å². The molecule has 3 nitrogen and oxygen atoms in total. The van der Waals surface area contributed by atoms with E-state index in [1.165, 1.54) is 11.3 Å². The first-order valence-electron chi connectivity index (χ1n) is 7.39. The Labute approximate surface area is 131 Å². The minimum Gasteiger partial charge on any atom is -0.398 e. The molecule has 0 fully saturated rings. The summed E-state index contributed by atoms with van der Waals surface area (Å²) in [4.78, 5) is 2.09. The van der Waals surface area contributed by atoms with Crippen LogP contribution in [0.25, 0.3) is 23.3 Å². The second-order valence-corrected chi connectivity index (χ2v) is 5.79. The van der Waals surface area contributed by atoms with E-state index in [9.17, 15) is 0 Å². The van der Waals surface area contributed by atoms with E-state index in [4.69, 9.17) is 4.42 Å². The molecule has 0 amide bonds. The zero-order valence-electron chi connectivity index (χ0n) is 13.5. The predicted octanol–water partition coefficient (Wildman–Crippen LogP) is 3.80. The van der Waals surface area contributed by atoms with Gasteiger partial charge in [-0.25, -0.2) is 0 Å². The summed E-state index contributed by atoms with van der Waals surface area (Å²) in [7, 11) is 6.11. The van der Waals surface area contributed by atoms with Gasteiger partial charge < -0.3 is 9.32 Å². The van der Waals surface area contributed by atoms with Crippen LogP contribution in [0.5, 0.6) is 0 Å². The maximum absolute atomic E-state index is 5.91. The van der Waals surface area contributed by atoms with Gasteiger partial charge in [0, 0.05) is 25.8 Å². The molecule has 0 atom stereocenters. The Balaban J connectivity index is 1.90. The van der Waals surface area contributed by atoms with Gasteiger partial charge in [-0.2, -0.15) is 4.57 Å². The highest BCUT2D eigenvalue weighted by Gasteiger charge is 2.16. The number of nitrogens with zero attached hydrogens (tertiary/aromatic N) is 2. The Morgan fingerprint density at radius 3 is 2.41 bits per heavy atom. The Morgan fingerprint density at radius 1 is 1.00 bits per heavy atom. The molecule has 0 unspecified atom stereocenters. The molecular weight excluding hydrogens is 272 g/mol. The topological polar surface area (TPSA) is 20.3 Å². The molecule has 0 aliphatic heterocycles. The molecule has 0 bridgehead atoms. The summed E-state index contributed by atoms with van der Waals surface area (Å²) in [6, 6.07) is 14.7. The van der Waals surface area contributed by atoms with Gasteiger partial charge in [0.25, 0.3) is 5.52 Å². The van der Waals surface area contributed by atoms with E-state index in [2.05, 4.69) is 58.9 Å². The van der Waals surface area contributed by atoms with E-state index >= 15 is 0 Å². The van der Waals surface area contributed by atoms with Crippen LogP contribution in [0.1, 0.15) is 17.0 Å². The Bertz CT molecular complexity index is 827. The van der Waals surface area contributed by atoms with Gasteiger partial charge >= 0.3 is 5.89 Å². The number of aromatic nitrogens is 1. The average Bonchev–Trinajstić information content (AvgIpc) is 2.82. The van der Waals surface area contributed by atoms with Crippen LogP contribution in [-0.4, -0.2) is 14.1 Å². The highest BCUT2D eigenvalue weighted by molar-refractivity contribution is 5.73. The molecule has 2 aromatic carbocycles. The number of rotatable bonds is 3. The van der Waals surface area contributed by atoms with Gasteiger partial charge in [-0.15, -0.1) is 0 Å². The summed E-state index contributed by atoms with van der Waals surface area (Å²) in [5, 5.41) is 0. The highest BCUT2D eigenvalue weighted by Crippen LogP contribution is 2.18. The van der Waals surface area contributed by atoms with E-state index in [1.54, 1.807) is 0 Å². The van der Waals surface area contributed by atoms with E-state index in [-0.39, 0.29) is 0 Å². The van der Waals surface area contributed by atoms with Gasteiger partial charge in [0.1, 0.15) is 7.05 Å². The van der Waals surface area contributed by atoms with Crippen molar-refractivity contribution in [3.05, 3.63) is 59.5 Å². The Morgan fingerprint density at radius 2 is 1.73 bits per heavy atom. The minimum atomic E-state index is 0.845. The summed E-state index contributed by atoms with van der Waals surface area (Å²) < 4.78 is 7.98. The molecule has 0 aliphatic carbocycles. The second-order valence-electron chi connectivity index (χ2n) is 5.79. The first kappa shape index (κ1) is 14.4. The maximum Gasteiger partial charge on any atom is 0.373 e. The SMILES string of the molecule is Cc1ccc2oc(C=Cc3ccc(N(C)C)cc3)[n+](C)c2c1. The zero-order chi connectivity index (χ0) is 15.7. The van der Waals surface area contributed by atoms with Crippen molar-refractivity contribution in [1.29, 1.82) is 0 Å². The van der Waals surface area contributed by atoms with E-state index in [1.807, 2.05) is 33.3 Å². The van der Waals surface area contributed by atoms with Crippen LogP contribution in [0, 0.1) is 6.92 Å². The van der Waals surface area contributed by atoms with Crippen molar-refractivity contribution < 1.29 is 8.98 Å². The maximum atomic E-state index is 5.91. The lowest BCUT2D eigenvalue weighted by Crippen LogP contribution is -2.29. The van der Waals surface area contributed by atoms with Crippen LogP contribution in [0.15, 0.2) is 46.9 Å². The molecule has 0 saturated carbocycles. The normalized spacial score (nSPS) is 11.5. The van der Waals surface area contributed by atoms with Crippen LogP contribution in [0.4, 0.5) is 5.69 Å². The van der Waals surface area contributed by atoms with Crippen molar-refractivity contribution in [2.75, 3.05) is 19.0 Å². The van der Waals surface area contributed by atoms with Crippen LogP contribution in [-0.2, 0) is 7.05 Å². The number of benzene rings is 2. The average molecular weight is 293 g/mol. The van der Waals surface area contributed by atoms with Gasteiger partial charge in [-0.3, -0.25) is 0 Å². The lowest BCUT2D eigenvalue weighted by molar-refractivity contribution is -0.651. The van der Waals surface area contributed by atoms with Crippen molar-refractivity contribution in [3.63, 3.8) is 0 Å². The minimum absolute atomic E-state index is 0.845. The van der Waals surface area contributed by atoms with Gasteiger partial charge in [0.05, 0.1) is 6.08 Å². The number of hydrogen-bond donors (Lipinski definition) is 0. The number of aryl methyl sites for hydroxylation is 2. The molecule has 1 aromatic heterocycles. The predicted molar refractivity (Wildman–Crippen MR) is 91.8 cm³/mol. The summed E-state index contributed by atoms with van der Waals surface area (Å²) >= 11 is 0. The Hall–Kier alpha value is -2.55. The molecule has 0 radical (unpaired) electrons. The van der Waals surface area contributed by atoms with Crippen LogP contribution in [0.3, 0.4) is 0 Å². The lowest BCUT2D eigenvalue weighted by atomic mass is 10.2. The van der Waals surface area contributed by atoms with Crippen LogP contribution in [0.2, 0.25) is 0 Å². The molecule has 3 aromatic rings. The molecule has 1 heterocycles. The van der Waals surface area contributed by atoms with Crippen LogP contribution < -0.4 is 9.47 Å². The number of hydrogen-bond acceptors (Lipinski definition) is 2. The molecule has 0 saturated heterocycles. The van der Waals surface area contributed by atoms with E-state index in [0.29, 0.717) is 0 Å². The fourth-order valence-corrected chi connectivity index (χ4v) is 2.47. The molecule has 22 heavy (non-hydrogen) atoms. The van der Waals surface area contributed by atoms with Crippen molar-refractivity contribution in [2.24, 2.45) is 7.05 Å². The molecular formula is C19H21N2O+. The first-order valence-corrected chi connectivity index (χ1v) is 7.39. The van der Waals surface area contributed by atoms with Crippen molar-refractivity contribution >= 4 is 28.9 Å². The summed E-state index contributed by atoms with van der Waals surface area (Å²) in [6.07, 6.45) is 4.09. The monoisotopic (exact) mass is 293 g/mol. The number of fused-ring (bicyclic) bond motifs is 1. The molecule has 3 rings (SSSR count). The van der Waals surface area contributed by atoms with Crippen molar-refractivity contribution in [3.8, 4) is 0 Å². The molecule has 0 N–H and O–H groups in total. The molecule has 112 valence electrons. The van der Waals surface area contributed by atoms with Crippen LogP contribution >= 0.6 is 0 Å². The first-order chi connectivity index (χ1) is 10.5. The fourth-order valence-electron chi connectivity index (χ4n) is 2.47. The van der Waals surface area contributed by atoms with Gasteiger partial charge in [-0.1, -0.05) is 18.2 Å². The third-order valence-electron chi connectivity index (χ3n) is 3.85. The van der Waals surface area contributed by atoms with Crippen molar-refractivity contribution in [2.45, 2.75) is 6.92 Å². The third kappa shape index (κ3) is 2.75.